The summed E-state index contributed by atoms with van der Waals surface area (Å²) < 4.78 is 37.1. The van der Waals surface area contributed by atoms with Crippen LogP contribution in [0.4, 0.5) is 5.69 Å². The van der Waals surface area contributed by atoms with Gasteiger partial charge in [0.1, 0.15) is 5.75 Å². The maximum Gasteiger partial charge on any atom is 0.345 e. The van der Waals surface area contributed by atoms with Crippen LogP contribution in [-0.4, -0.2) is 64.9 Å². The number of Topliss-reactive ketones (excluding diaryl/α,β-unsaturated/α-hetero) is 1. The van der Waals surface area contributed by atoms with Crippen molar-refractivity contribution in [3.63, 3.8) is 0 Å². The largest absolute Gasteiger partial charge is 0.423 e. The molecule has 0 aromatic heterocycles. The molecule has 1 aliphatic rings. The van der Waals surface area contributed by atoms with E-state index in [4.69, 9.17) is 9.47 Å². The molecule has 0 aliphatic carbocycles. The van der Waals surface area contributed by atoms with Gasteiger partial charge in [-0.3, -0.25) is 4.79 Å². The molecule has 0 N–H and O–H groups in total. The third-order valence-electron chi connectivity index (χ3n) is 4.79. The lowest BCUT2D eigenvalue weighted by Crippen LogP contribution is -2.37. The molecule has 2 aromatic rings. The van der Waals surface area contributed by atoms with Crippen molar-refractivity contribution in [3.8, 4) is 5.75 Å². The number of morpholine rings is 1. The average Bonchev–Trinajstić information content (AvgIpc) is 2.74. The van der Waals surface area contributed by atoms with E-state index in [-0.39, 0.29) is 22.0 Å². The fourth-order valence-electron chi connectivity index (χ4n) is 3.05. The molecule has 0 bridgehead atoms. The lowest BCUT2D eigenvalue weighted by Gasteiger charge is -2.30. The van der Waals surface area contributed by atoms with E-state index in [2.05, 4.69) is 0 Å². The molecule has 3 rings (SSSR count). The van der Waals surface area contributed by atoms with Crippen LogP contribution in [0, 0.1) is 0 Å². The van der Waals surface area contributed by atoms with Gasteiger partial charge in [-0.2, -0.15) is 0 Å². The monoisotopic (exact) mass is 432 g/mol. The summed E-state index contributed by atoms with van der Waals surface area (Å²) in [5.74, 6) is -0.509. The molecule has 1 saturated heterocycles. The van der Waals surface area contributed by atoms with Gasteiger partial charge in [-0.1, -0.05) is 0 Å². The number of hydrogen-bond donors (Lipinski definition) is 0. The Morgan fingerprint density at radius 1 is 1.03 bits per heavy atom. The maximum absolute atomic E-state index is 13.0. The molecule has 0 unspecified atom stereocenters. The van der Waals surface area contributed by atoms with Crippen LogP contribution in [0.1, 0.15) is 27.6 Å². The van der Waals surface area contributed by atoms with E-state index in [0.717, 1.165) is 4.31 Å². The van der Waals surface area contributed by atoms with Gasteiger partial charge >= 0.3 is 5.97 Å². The van der Waals surface area contributed by atoms with Crippen molar-refractivity contribution in [1.82, 2.24) is 4.31 Å². The summed E-state index contributed by atoms with van der Waals surface area (Å²) in [6.45, 7) is 3.63. The Labute approximate surface area is 176 Å². The molecule has 0 saturated carbocycles. The Morgan fingerprint density at radius 3 is 2.23 bits per heavy atom. The van der Waals surface area contributed by atoms with Gasteiger partial charge in [-0.05, 0) is 49.4 Å². The minimum atomic E-state index is -3.72. The zero-order valence-electron chi connectivity index (χ0n) is 17.1. The molecule has 0 spiro atoms. The fraction of sp³-hybridized carbons (Fsp3) is 0.333. The molecule has 0 amide bonds. The van der Waals surface area contributed by atoms with Gasteiger partial charge in [0.15, 0.2) is 5.78 Å². The van der Waals surface area contributed by atoms with E-state index in [1.54, 1.807) is 18.2 Å². The van der Waals surface area contributed by atoms with Crippen LogP contribution in [0.15, 0.2) is 47.4 Å². The highest BCUT2D eigenvalue weighted by Crippen LogP contribution is 2.27. The summed E-state index contributed by atoms with van der Waals surface area (Å²) in [6.07, 6.45) is 0. The quantitative estimate of drug-likeness (QED) is 0.392. The zero-order valence-corrected chi connectivity index (χ0v) is 17.9. The first-order valence-electron chi connectivity index (χ1n) is 9.42. The first-order valence-corrected chi connectivity index (χ1v) is 10.9. The molecular formula is C21H24N2O6S. The van der Waals surface area contributed by atoms with Crippen LogP contribution in [0.25, 0.3) is 0 Å². The number of esters is 1. The summed E-state index contributed by atoms with van der Waals surface area (Å²) >= 11 is 0. The number of nitrogens with zero attached hydrogens (tertiary/aromatic N) is 2. The first kappa shape index (κ1) is 21.9. The number of carbonyl (C=O) groups is 2. The molecule has 9 heteroatoms. The van der Waals surface area contributed by atoms with E-state index in [9.17, 15) is 18.0 Å². The second-order valence-corrected chi connectivity index (χ2v) is 9.19. The number of sulfonamides is 1. The van der Waals surface area contributed by atoms with Crippen LogP contribution >= 0.6 is 0 Å². The van der Waals surface area contributed by atoms with Gasteiger partial charge in [-0.25, -0.2) is 17.5 Å². The number of ketones is 1. The Bertz CT molecular complexity index is 1040. The third kappa shape index (κ3) is 4.69. The predicted octanol–water partition coefficient (Wildman–Crippen LogP) is 2.20. The average molecular weight is 432 g/mol. The van der Waals surface area contributed by atoms with Gasteiger partial charge in [-0.15, -0.1) is 0 Å². The highest BCUT2D eigenvalue weighted by molar-refractivity contribution is 7.89. The number of carbonyl (C=O) groups excluding carboxylic acids is 2. The molecule has 1 heterocycles. The Kier molecular flexibility index (Phi) is 6.55. The van der Waals surface area contributed by atoms with Crippen molar-refractivity contribution in [1.29, 1.82) is 0 Å². The molecule has 8 nitrogen and oxygen atoms in total. The molecule has 160 valence electrons. The summed E-state index contributed by atoms with van der Waals surface area (Å²) in [5.41, 5.74) is 1.24. The van der Waals surface area contributed by atoms with E-state index < -0.39 is 16.0 Å². The van der Waals surface area contributed by atoms with Gasteiger partial charge in [0.25, 0.3) is 0 Å². The van der Waals surface area contributed by atoms with E-state index in [1.165, 1.54) is 45.3 Å². The van der Waals surface area contributed by atoms with Gasteiger partial charge in [0, 0.05) is 32.7 Å². The second kappa shape index (κ2) is 8.95. The number of ether oxygens (including phenoxy) is 2. The first-order chi connectivity index (χ1) is 14.2. The van der Waals surface area contributed by atoms with E-state index in [1.807, 2.05) is 4.90 Å². The molecule has 30 heavy (non-hydrogen) atoms. The number of benzene rings is 2. The van der Waals surface area contributed by atoms with Crippen LogP contribution in [-0.2, 0) is 14.8 Å². The van der Waals surface area contributed by atoms with Crippen LogP contribution < -0.4 is 9.64 Å². The second-order valence-electron chi connectivity index (χ2n) is 7.04. The summed E-state index contributed by atoms with van der Waals surface area (Å²) in [5, 5.41) is 0. The van der Waals surface area contributed by atoms with Crippen molar-refractivity contribution < 1.29 is 27.5 Å². The molecular weight excluding hydrogens is 408 g/mol. The molecule has 0 radical (unpaired) electrons. The van der Waals surface area contributed by atoms with Crippen molar-refractivity contribution in [2.24, 2.45) is 0 Å². The molecule has 0 atom stereocenters. The Hall–Kier alpha value is -2.75. The van der Waals surface area contributed by atoms with Crippen molar-refractivity contribution >= 4 is 27.5 Å². The Morgan fingerprint density at radius 2 is 1.67 bits per heavy atom. The van der Waals surface area contributed by atoms with Crippen molar-refractivity contribution in [3.05, 3.63) is 53.6 Å². The summed E-state index contributed by atoms with van der Waals surface area (Å²) in [7, 11) is -0.863. The van der Waals surface area contributed by atoms with E-state index >= 15 is 0 Å². The number of rotatable bonds is 6. The highest BCUT2D eigenvalue weighted by Gasteiger charge is 2.25. The SMILES string of the molecule is CC(=O)c1ccc(OC(=O)c2cc(S(=O)(=O)N(C)C)ccc2N2CCOCC2)cc1. The van der Waals surface area contributed by atoms with Crippen LogP contribution in [0.5, 0.6) is 5.75 Å². The zero-order chi connectivity index (χ0) is 21.9. The van der Waals surface area contributed by atoms with Gasteiger partial charge in [0.2, 0.25) is 10.0 Å². The van der Waals surface area contributed by atoms with E-state index in [0.29, 0.717) is 37.6 Å². The highest BCUT2D eigenvalue weighted by atomic mass is 32.2. The Balaban J connectivity index is 1.97. The van der Waals surface area contributed by atoms with Crippen molar-refractivity contribution in [2.45, 2.75) is 11.8 Å². The minimum Gasteiger partial charge on any atom is -0.423 e. The lowest BCUT2D eigenvalue weighted by atomic mass is 10.1. The molecule has 2 aromatic carbocycles. The standard InChI is InChI=1S/C21H24N2O6S/c1-15(24)16-4-6-17(7-5-16)29-21(25)19-14-18(30(26,27)22(2)3)8-9-20(19)23-10-12-28-13-11-23/h4-9,14H,10-13H2,1-3H3. The predicted molar refractivity (Wildman–Crippen MR) is 112 cm³/mol. The molecule has 1 fully saturated rings. The number of anilines is 1. The topological polar surface area (TPSA) is 93.2 Å². The van der Waals surface area contributed by atoms with Crippen molar-refractivity contribution in [2.75, 3.05) is 45.3 Å². The summed E-state index contributed by atoms with van der Waals surface area (Å²) in [6, 6.07) is 10.6. The van der Waals surface area contributed by atoms with Crippen LogP contribution in [0.3, 0.4) is 0 Å². The van der Waals surface area contributed by atoms with Crippen LogP contribution in [0.2, 0.25) is 0 Å². The lowest BCUT2D eigenvalue weighted by molar-refractivity contribution is 0.0733. The fourth-order valence-corrected chi connectivity index (χ4v) is 3.98. The third-order valence-corrected chi connectivity index (χ3v) is 6.60. The van der Waals surface area contributed by atoms with Gasteiger partial charge in [0.05, 0.1) is 29.4 Å². The normalized spacial score (nSPS) is 14.6. The van der Waals surface area contributed by atoms with Gasteiger partial charge < -0.3 is 14.4 Å². The molecule has 1 aliphatic heterocycles. The minimum absolute atomic E-state index is 0.00314. The smallest absolute Gasteiger partial charge is 0.345 e. The number of hydrogen-bond acceptors (Lipinski definition) is 7. The maximum atomic E-state index is 13.0. The summed E-state index contributed by atoms with van der Waals surface area (Å²) in [4.78, 5) is 26.4.